The first-order valence-electron chi connectivity index (χ1n) is 5.03. The molecule has 0 unspecified atom stereocenters. The van der Waals surface area contributed by atoms with Crippen molar-refractivity contribution in [3.05, 3.63) is 22.2 Å². The molecule has 5 heteroatoms. The molecule has 4 nitrogen and oxygen atoms in total. The lowest BCUT2D eigenvalue weighted by Gasteiger charge is -2.13. The van der Waals surface area contributed by atoms with Crippen LogP contribution in [0.1, 0.15) is 12.0 Å². The van der Waals surface area contributed by atoms with Gasteiger partial charge in [0.05, 0.1) is 18.2 Å². The molecule has 0 aliphatic rings. The van der Waals surface area contributed by atoms with Gasteiger partial charge in [0.2, 0.25) is 0 Å². The van der Waals surface area contributed by atoms with Crippen LogP contribution in [0.25, 0.3) is 0 Å². The van der Waals surface area contributed by atoms with E-state index >= 15 is 0 Å². The molecule has 16 heavy (non-hydrogen) atoms. The highest BCUT2D eigenvalue weighted by atomic mass is 79.9. The Morgan fingerprint density at radius 2 is 2.19 bits per heavy atom. The number of hydrogen-bond acceptors (Lipinski definition) is 4. The molecule has 0 bridgehead atoms. The fourth-order valence-electron chi connectivity index (χ4n) is 1.27. The Morgan fingerprint density at radius 3 is 2.75 bits per heavy atom. The summed E-state index contributed by atoms with van der Waals surface area (Å²) in [5.74, 6) is 1.29. The number of benzene rings is 1. The smallest absolute Gasteiger partial charge is 0.175 e. The minimum absolute atomic E-state index is 0.112. The lowest BCUT2D eigenvalue weighted by Crippen LogP contribution is -2.03. The van der Waals surface area contributed by atoms with Gasteiger partial charge in [0.1, 0.15) is 0 Å². The molecule has 0 aliphatic heterocycles. The zero-order valence-corrected chi connectivity index (χ0v) is 10.8. The second-order valence-electron chi connectivity index (χ2n) is 3.24. The van der Waals surface area contributed by atoms with Crippen molar-refractivity contribution in [2.45, 2.75) is 13.0 Å². The molecule has 0 saturated heterocycles. The molecule has 3 N–H and O–H groups in total. The van der Waals surface area contributed by atoms with Crippen LogP contribution in [0.2, 0.25) is 0 Å². The predicted molar refractivity (Wildman–Crippen MR) is 65.8 cm³/mol. The van der Waals surface area contributed by atoms with Crippen molar-refractivity contribution < 1.29 is 14.6 Å². The standard InChI is InChI=1S/C11H16BrNO3/c1-15-10-6-8(7-13)5-9(12)11(10)16-4-2-3-14/h5-6,14H,2-4,7,13H2,1H3. The van der Waals surface area contributed by atoms with Gasteiger partial charge in [0, 0.05) is 19.6 Å². The third-order valence-electron chi connectivity index (χ3n) is 2.07. The molecule has 0 fully saturated rings. The first-order chi connectivity index (χ1) is 7.72. The molecule has 0 radical (unpaired) electrons. The summed E-state index contributed by atoms with van der Waals surface area (Å²) in [6, 6.07) is 3.75. The molecule has 0 saturated carbocycles. The summed E-state index contributed by atoms with van der Waals surface area (Å²) in [5.41, 5.74) is 6.53. The summed E-state index contributed by atoms with van der Waals surface area (Å²) in [6.07, 6.45) is 0.592. The topological polar surface area (TPSA) is 64.7 Å². The van der Waals surface area contributed by atoms with E-state index in [1.807, 2.05) is 12.1 Å². The highest BCUT2D eigenvalue weighted by Crippen LogP contribution is 2.36. The molecule has 1 aromatic carbocycles. The van der Waals surface area contributed by atoms with Gasteiger partial charge in [-0.3, -0.25) is 0 Å². The minimum atomic E-state index is 0.112. The summed E-state index contributed by atoms with van der Waals surface area (Å²) in [7, 11) is 1.58. The van der Waals surface area contributed by atoms with Crippen molar-refractivity contribution in [3.8, 4) is 11.5 Å². The van der Waals surface area contributed by atoms with Crippen LogP contribution in [-0.2, 0) is 6.54 Å². The van der Waals surface area contributed by atoms with Crippen LogP contribution in [-0.4, -0.2) is 25.4 Å². The van der Waals surface area contributed by atoms with E-state index in [2.05, 4.69) is 15.9 Å². The molecule has 0 aromatic heterocycles. The summed E-state index contributed by atoms with van der Waals surface area (Å²) < 4.78 is 11.6. The Balaban J connectivity index is 2.88. The minimum Gasteiger partial charge on any atom is -0.493 e. The molecule has 0 atom stereocenters. The van der Waals surface area contributed by atoms with Crippen LogP contribution < -0.4 is 15.2 Å². The fourth-order valence-corrected chi connectivity index (χ4v) is 1.87. The van der Waals surface area contributed by atoms with E-state index in [4.69, 9.17) is 20.3 Å². The van der Waals surface area contributed by atoms with E-state index in [9.17, 15) is 0 Å². The Morgan fingerprint density at radius 1 is 1.44 bits per heavy atom. The molecule has 0 heterocycles. The average molecular weight is 290 g/mol. The third-order valence-corrected chi connectivity index (χ3v) is 2.66. The number of ether oxygens (including phenoxy) is 2. The highest BCUT2D eigenvalue weighted by Gasteiger charge is 2.10. The molecular formula is C11H16BrNO3. The number of rotatable bonds is 6. The van der Waals surface area contributed by atoms with Gasteiger partial charge >= 0.3 is 0 Å². The molecule has 0 aliphatic carbocycles. The number of methoxy groups -OCH3 is 1. The first-order valence-corrected chi connectivity index (χ1v) is 5.82. The summed E-state index contributed by atoms with van der Waals surface area (Å²) in [5, 5.41) is 8.68. The number of nitrogens with two attached hydrogens (primary N) is 1. The fraction of sp³-hybridized carbons (Fsp3) is 0.455. The number of hydrogen-bond donors (Lipinski definition) is 2. The van der Waals surface area contributed by atoms with E-state index in [0.717, 1.165) is 10.0 Å². The van der Waals surface area contributed by atoms with Crippen molar-refractivity contribution in [2.75, 3.05) is 20.3 Å². The Kier molecular flexibility index (Phi) is 5.59. The van der Waals surface area contributed by atoms with Crippen molar-refractivity contribution in [1.82, 2.24) is 0 Å². The van der Waals surface area contributed by atoms with E-state index in [1.165, 1.54) is 0 Å². The van der Waals surface area contributed by atoms with Gasteiger partial charge in [0.25, 0.3) is 0 Å². The lowest BCUT2D eigenvalue weighted by atomic mass is 10.2. The number of halogens is 1. The van der Waals surface area contributed by atoms with Crippen LogP contribution >= 0.6 is 15.9 Å². The van der Waals surface area contributed by atoms with Gasteiger partial charge in [-0.15, -0.1) is 0 Å². The molecule has 0 spiro atoms. The Hall–Kier alpha value is -0.780. The maximum atomic E-state index is 8.68. The molecule has 90 valence electrons. The number of aliphatic hydroxyl groups is 1. The van der Waals surface area contributed by atoms with E-state index < -0.39 is 0 Å². The molecular weight excluding hydrogens is 274 g/mol. The lowest BCUT2D eigenvalue weighted by molar-refractivity contribution is 0.227. The van der Waals surface area contributed by atoms with Gasteiger partial charge < -0.3 is 20.3 Å². The summed E-state index contributed by atoms with van der Waals surface area (Å²) in [4.78, 5) is 0. The third kappa shape index (κ3) is 3.37. The summed E-state index contributed by atoms with van der Waals surface area (Å²) >= 11 is 3.41. The van der Waals surface area contributed by atoms with Gasteiger partial charge in [-0.1, -0.05) is 0 Å². The quantitative estimate of drug-likeness (QED) is 0.782. The molecule has 0 amide bonds. The second-order valence-corrected chi connectivity index (χ2v) is 4.09. The summed E-state index contributed by atoms with van der Waals surface area (Å²) in [6.45, 7) is 1.01. The normalized spacial score (nSPS) is 10.2. The van der Waals surface area contributed by atoms with Gasteiger partial charge in [-0.2, -0.15) is 0 Å². The maximum absolute atomic E-state index is 8.68. The monoisotopic (exact) mass is 289 g/mol. The SMILES string of the molecule is COc1cc(CN)cc(Br)c1OCCCO. The van der Waals surface area contributed by atoms with E-state index in [-0.39, 0.29) is 6.61 Å². The van der Waals surface area contributed by atoms with Crippen LogP contribution in [0.4, 0.5) is 0 Å². The average Bonchev–Trinajstić information content (AvgIpc) is 2.30. The molecule has 1 aromatic rings. The van der Waals surface area contributed by atoms with Crippen LogP contribution in [0, 0.1) is 0 Å². The largest absolute Gasteiger partial charge is 0.493 e. The Bertz CT molecular complexity index is 344. The van der Waals surface area contributed by atoms with Crippen molar-refractivity contribution in [2.24, 2.45) is 5.73 Å². The van der Waals surface area contributed by atoms with Crippen LogP contribution in [0.15, 0.2) is 16.6 Å². The zero-order chi connectivity index (χ0) is 12.0. The van der Waals surface area contributed by atoms with Crippen molar-refractivity contribution >= 4 is 15.9 Å². The highest BCUT2D eigenvalue weighted by molar-refractivity contribution is 9.10. The predicted octanol–water partition coefficient (Wildman–Crippen LogP) is 1.68. The first kappa shape index (κ1) is 13.3. The van der Waals surface area contributed by atoms with E-state index in [0.29, 0.717) is 31.1 Å². The van der Waals surface area contributed by atoms with Crippen molar-refractivity contribution in [3.63, 3.8) is 0 Å². The van der Waals surface area contributed by atoms with Gasteiger partial charge in [-0.05, 0) is 33.6 Å². The second kappa shape index (κ2) is 6.73. The Labute approximate surface area is 103 Å². The van der Waals surface area contributed by atoms with Gasteiger partial charge in [-0.25, -0.2) is 0 Å². The maximum Gasteiger partial charge on any atom is 0.175 e. The van der Waals surface area contributed by atoms with Crippen molar-refractivity contribution in [1.29, 1.82) is 0 Å². The van der Waals surface area contributed by atoms with Gasteiger partial charge in [0.15, 0.2) is 11.5 Å². The number of aliphatic hydroxyl groups excluding tert-OH is 1. The zero-order valence-electron chi connectivity index (χ0n) is 9.20. The molecule has 1 rings (SSSR count). The van der Waals surface area contributed by atoms with E-state index in [1.54, 1.807) is 7.11 Å². The van der Waals surface area contributed by atoms with Crippen LogP contribution in [0.5, 0.6) is 11.5 Å². The van der Waals surface area contributed by atoms with Crippen LogP contribution in [0.3, 0.4) is 0 Å².